The number of likely N-dealkylation sites (tertiary alicyclic amines) is 1. The number of hydrogen-bond acceptors (Lipinski definition) is 4. The van der Waals surface area contributed by atoms with Gasteiger partial charge in [-0.3, -0.25) is 9.47 Å². The Kier molecular flexibility index (Phi) is 5.13. The minimum absolute atomic E-state index is 0.0438. The predicted octanol–water partition coefficient (Wildman–Crippen LogP) is 2.95. The van der Waals surface area contributed by atoms with Gasteiger partial charge in [0.05, 0.1) is 11.6 Å². The largest absolute Gasteiger partial charge is 0.345 e. The number of aryl methyl sites for hydroxylation is 1. The average molecular weight is 365 g/mol. The van der Waals surface area contributed by atoms with Gasteiger partial charge in [-0.2, -0.15) is 10.4 Å². The number of rotatable bonds is 4. The van der Waals surface area contributed by atoms with Gasteiger partial charge in [0.2, 0.25) is 0 Å². The maximum absolute atomic E-state index is 12.6. The first-order valence-corrected chi connectivity index (χ1v) is 10.0. The molecular formula is C21H27N5O. The van der Waals surface area contributed by atoms with Gasteiger partial charge in [-0.1, -0.05) is 31.0 Å². The van der Waals surface area contributed by atoms with E-state index in [1.807, 2.05) is 28.8 Å². The van der Waals surface area contributed by atoms with Crippen LogP contribution in [0.5, 0.6) is 0 Å². The van der Waals surface area contributed by atoms with Crippen LogP contribution in [0.15, 0.2) is 29.1 Å². The Labute approximate surface area is 160 Å². The summed E-state index contributed by atoms with van der Waals surface area (Å²) >= 11 is 0. The molecule has 1 aliphatic heterocycles. The molecular weight excluding hydrogens is 338 g/mol. The van der Waals surface area contributed by atoms with Gasteiger partial charge in [-0.05, 0) is 50.4 Å². The molecule has 142 valence electrons. The van der Waals surface area contributed by atoms with Crippen LogP contribution in [0.25, 0.3) is 0 Å². The Balaban J connectivity index is 1.46. The molecule has 1 saturated carbocycles. The summed E-state index contributed by atoms with van der Waals surface area (Å²) in [6.45, 7) is 2.76. The number of nitriles is 1. The van der Waals surface area contributed by atoms with Crippen molar-refractivity contribution in [2.45, 2.75) is 57.0 Å². The second-order valence-corrected chi connectivity index (χ2v) is 7.89. The van der Waals surface area contributed by atoms with Crippen LogP contribution in [0.2, 0.25) is 0 Å². The van der Waals surface area contributed by atoms with Crippen molar-refractivity contribution in [1.29, 1.82) is 5.26 Å². The Morgan fingerprint density at radius 1 is 1.15 bits per heavy atom. The monoisotopic (exact) mass is 365 g/mol. The summed E-state index contributed by atoms with van der Waals surface area (Å²) in [7, 11) is 1.77. The molecule has 2 aliphatic rings. The highest BCUT2D eigenvalue weighted by atomic mass is 16.2. The van der Waals surface area contributed by atoms with E-state index < -0.39 is 0 Å². The van der Waals surface area contributed by atoms with Gasteiger partial charge in [0, 0.05) is 25.6 Å². The molecule has 0 amide bonds. The summed E-state index contributed by atoms with van der Waals surface area (Å²) in [6, 6.07) is 10.5. The van der Waals surface area contributed by atoms with Crippen molar-refractivity contribution < 1.29 is 0 Å². The van der Waals surface area contributed by atoms with Crippen LogP contribution in [0, 0.1) is 11.3 Å². The predicted molar refractivity (Wildman–Crippen MR) is 103 cm³/mol. The lowest BCUT2D eigenvalue weighted by atomic mass is 9.95. The number of benzene rings is 1. The topological polar surface area (TPSA) is 66.8 Å². The second kappa shape index (κ2) is 7.69. The molecule has 27 heavy (non-hydrogen) atoms. The molecule has 1 saturated heterocycles. The Morgan fingerprint density at radius 3 is 2.56 bits per heavy atom. The Morgan fingerprint density at radius 2 is 1.85 bits per heavy atom. The highest BCUT2D eigenvalue weighted by molar-refractivity contribution is 5.37. The fraction of sp³-hybridized carbons (Fsp3) is 0.571. The van der Waals surface area contributed by atoms with Crippen LogP contribution >= 0.6 is 0 Å². The van der Waals surface area contributed by atoms with Crippen LogP contribution in [-0.2, 0) is 13.6 Å². The highest BCUT2D eigenvalue weighted by Gasteiger charge is 2.30. The minimum atomic E-state index is 0.0438. The molecule has 0 radical (unpaired) electrons. The minimum Gasteiger partial charge on any atom is -0.299 e. The van der Waals surface area contributed by atoms with E-state index in [4.69, 9.17) is 0 Å². The van der Waals surface area contributed by atoms with Gasteiger partial charge in [0.15, 0.2) is 0 Å². The lowest BCUT2D eigenvalue weighted by Crippen LogP contribution is -2.34. The average Bonchev–Trinajstić information content (AvgIpc) is 3.31. The summed E-state index contributed by atoms with van der Waals surface area (Å²) in [5.74, 6) is 1.34. The van der Waals surface area contributed by atoms with E-state index >= 15 is 0 Å². The van der Waals surface area contributed by atoms with Gasteiger partial charge in [0.25, 0.3) is 0 Å². The third-order valence-electron chi connectivity index (χ3n) is 6.16. The van der Waals surface area contributed by atoms with Crippen molar-refractivity contribution >= 4 is 0 Å². The van der Waals surface area contributed by atoms with E-state index in [0.29, 0.717) is 12.0 Å². The van der Waals surface area contributed by atoms with E-state index in [-0.39, 0.29) is 5.69 Å². The Hall–Kier alpha value is -2.39. The lowest BCUT2D eigenvalue weighted by Gasteiger charge is -2.32. The molecule has 0 atom stereocenters. The molecule has 2 heterocycles. The summed E-state index contributed by atoms with van der Waals surface area (Å²) in [6.07, 6.45) is 6.64. The zero-order valence-electron chi connectivity index (χ0n) is 16.0. The van der Waals surface area contributed by atoms with Gasteiger partial charge >= 0.3 is 5.69 Å². The molecule has 0 spiro atoms. The third kappa shape index (κ3) is 3.57. The van der Waals surface area contributed by atoms with Gasteiger partial charge < -0.3 is 0 Å². The number of aromatic nitrogens is 3. The molecule has 2 aromatic rings. The number of hydrogen-bond donors (Lipinski definition) is 0. The maximum atomic E-state index is 12.6. The van der Waals surface area contributed by atoms with E-state index in [0.717, 1.165) is 62.3 Å². The fourth-order valence-corrected chi connectivity index (χ4v) is 4.64. The summed E-state index contributed by atoms with van der Waals surface area (Å²) in [5.41, 5.74) is 1.90. The van der Waals surface area contributed by atoms with Crippen LogP contribution in [0.4, 0.5) is 0 Å². The van der Waals surface area contributed by atoms with Crippen molar-refractivity contribution in [1.82, 2.24) is 19.2 Å². The van der Waals surface area contributed by atoms with Crippen molar-refractivity contribution in [3.63, 3.8) is 0 Å². The summed E-state index contributed by atoms with van der Waals surface area (Å²) in [5, 5.41) is 13.9. The van der Waals surface area contributed by atoms with E-state index in [9.17, 15) is 10.1 Å². The molecule has 1 aromatic carbocycles. The highest BCUT2D eigenvalue weighted by Crippen LogP contribution is 2.33. The molecule has 0 unspecified atom stereocenters. The number of piperidine rings is 1. The molecule has 0 bridgehead atoms. The first-order chi connectivity index (χ1) is 13.2. The fourth-order valence-electron chi connectivity index (χ4n) is 4.64. The molecule has 0 N–H and O–H groups in total. The molecule has 1 aliphatic carbocycles. The Bertz CT molecular complexity index is 892. The maximum Gasteiger partial charge on any atom is 0.345 e. The molecule has 6 heteroatoms. The van der Waals surface area contributed by atoms with Crippen LogP contribution in [0.1, 0.15) is 67.4 Å². The first kappa shape index (κ1) is 18.0. The molecule has 2 fully saturated rings. The normalized spacial score (nSPS) is 19.4. The van der Waals surface area contributed by atoms with Crippen molar-refractivity contribution in [2.24, 2.45) is 7.05 Å². The number of nitrogens with zero attached hydrogens (tertiary/aromatic N) is 5. The molecule has 1 aromatic heterocycles. The molecule has 6 nitrogen and oxygen atoms in total. The SMILES string of the molecule is Cn1nc(C2CCN(Cc3ccccc3C#N)CC2)n(C2CCCC2)c1=O. The second-order valence-electron chi connectivity index (χ2n) is 7.89. The summed E-state index contributed by atoms with van der Waals surface area (Å²) in [4.78, 5) is 15.0. The third-order valence-corrected chi connectivity index (χ3v) is 6.16. The van der Waals surface area contributed by atoms with Crippen molar-refractivity contribution in [2.75, 3.05) is 13.1 Å². The van der Waals surface area contributed by atoms with Gasteiger partial charge in [-0.25, -0.2) is 9.48 Å². The van der Waals surface area contributed by atoms with E-state index in [2.05, 4.69) is 16.1 Å². The van der Waals surface area contributed by atoms with E-state index in [1.165, 1.54) is 17.5 Å². The standard InChI is InChI=1S/C21H27N5O/c1-24-21(27)26(19-8-4-5-9-19)20(23-24)16-10-12-25(13-11-16)15-18-7-3-2-6-17(18)14-22/h2-3,6-7,16,19H,4-5,8-13,15H2,1H3. The van der Waals surface area contributed by atoms with Gasteiger partial charge in [-0.15, -0.1) is 0 Å². The van der Waals surface area contributed by atoms with Crippen molar-refractivity contribution in [3.8, 4) is 6.07 Å². The lowest BCUT2D eigenvalue weighted by molar-refractivity contribution is 0.198. The van der Waals surface area contributed by atoms with Gasteiger partial charge in [0.1, 0.15) is 5.82 Å². The van der Waals surface area contributed by atoms with Crippen molar-refractivity contribution in [3.05, 3.63) is 51.7 Å². The quantitative estimate of drug-likeness (QED) is 0.835. The first-order valence-electron chi connectivity index (χ1n) is 10.0. The summed E-state index contributed by atoms with van der Waals surface area (Å²) < 4.78 is 3.52. The molecule has 4 rings (SSSR count). The zero-order chi connectivity index (χ0) is 18.8. The van der Waals surface area contributed by atoms with Crippen LogP contribution in [-0.4, -0.2) is 32.3 Å². The smallest absolute Gasteiger partial charge is 0.299 e. The van der Waals surface area contributed by atoms with Crippen LogP contribution in [0.3, 0.4) is 0 Å². The van der Waals surface area contributed by atoms with Crippen LogP contribution < -0.4 is 5.69 Å². The zero-order valence-corrected chi connectivity index (χ0v) is 16.0. The van der Waals surface area contributed by atoms with E-state index in [1.54, 1.807) is 7.05 Å².